The molecule has 0 aliphatic heterocycles. The monoisotopic (exact) mass is 142 g/mol. The van der Waals surface area contributed by atoms with Gasteiger partial charge in [0.2, 0.25) is 0 Å². The molecule has 0 heterocycles. The minimum atomic E-state index is -0.624. The van der Waals surface area contributed by atoms with Crippen LogP contribution in [0, 0.1) is 15.7 Å². The first-order chi connectivity index (χ1) is 4.72. The van der Waals surface area contributed by atoms with Gasteiger partial charge in [-0.2, -0.15) is 9.81 Å². The Morgan fingerprint density at radius 2 is 2.10 bits per heavy atom. The van der Waals surface area contributed by atoms with E-state index in [9.17, 15) is 9.81 Å². The maximum atomic E-state index is 10.2. The molecule has 0 spiro atoms. The molecule has 4 nitrogen and oxygen atoms in total. The first-order valence-electron chi connectivity index (χ1n) is 3.36. The SMILES string of the molecule is CC1CC(CN=O)(N=O)C1. The molecular weight excluding hydrogens is 132 g/mol. The summed E-state index contributed by atoms with van der Waals surface area (Å²) in [5.74, 6) is 0.527. The largest absolute Gasteiger partial charge is 0.151 e. The van der Waals surface area contributed by atoms with Gasteiger partial charge in [0.15, 0.2) is 0 Å². The van der Waals surface area contributed by atoms with E-state index in [1.165, 1.54) is 0 Å². The smallest absolute Gasteiger partial charge is 0.126 e. The Kier molecular flexibility index (Phi) is 1.78. The minimum Gasteiger partial charge on any atom is -0.151 e. The lowest BCUT2D eigenvalue weighted by Gasteiger charge is -2.38. The molecule has 1 saturated carbocycles. The quantitative estimate of drug-likeness (QED) is 0.563. The van der Waals surface area contributed by atoms with E-state index in [2.05, 4.69) is 10.4 Å². The van der Waals surface area contributed by atoms with Crippen LogP contribution in [0.25, 0.3) is 0 Å². The van der Waals surface area contributed by atoms with Gasteiger partial charge in [-0.1, -0.05) is 17.3 Å². The molecule has 0 atom stereocenters. The van der Waals surface area contributed by atoms with Gasteiger partial charge in [-0.15, -0.1) is 0 Å². The van der Waals surface area contributed by atoms with E-state index >= 15 is 0 Å². The third-order valence-corrected chi connectivity index (χ3v) is 2.01. The fourth-order valence-electron chi connectivity index (χ4n) is 1.59. The second-order valence-electron chi connectivity index (χ2n) is 3.12. The molecule has 56 valence electrons. The molecule has 10 heavy (non-hydrogen) atoms. The van der Waals surface area contributed by atoms with Crippen LogP contribution in [-0.4, -0.2) is 12.1 Å². The summed E-state index contributed by atoms with van der Waals surface area (Å²) < 4.78 is 0. The van der Waals surface area contributed by atoms with Gasteiger partial charge < -0.3 is 0 Å². The van der Waals surface area contributed by atoms with Crippen LogP contribution in [0.3, 0.4) is 0 Å². The van der Waals surface area contributed by atoms with Crippen LogP contribution >= 0.6 is 0 Å². The summed E-state index contributed by atoms with van der Waals surface area (Å²) in [6, 6.07) is 0. The van der Waals surface area contributed by atoms with E-state index in [0.29, 0.717) is 5.92 Å². The molecule has 4 heteroatoms. The molecule has 0 aromatic heterocycles. The molecule has 1 rings (SSSR count). The summed E-state index contributed by atoms with van der Waals surface area (Å²) in [5.41, 5.74) is -0.624. The first kappa shape index (κ1) is 7.31. The third-order valence-electron chi connectivity index (χ3n) is 2.01. The van der Waals surface area contributed by atoms with Gasteiger partial charge in [0.25, 0.3) is 0 Å². The highest BCUT2D eigenvalue weighted by Gasteiger charge is 2.44. The zero-order valence-corrected chi connectivity index (χ0v) is 5.91. The normalized spacial score (nSPS) is 38.3. The lowest BCUT2D eigenvalue weighted by Crippen LogP contribution is -2.43. The summed E-state index contributed by atoms with van der Waals surface area (Å²) in [7, 11) is 0. The second-order valence-corrected chi connectivity index (χ2v) is 3.12. The summed E-state index contributed by atoms with van der Waals surface area (Å²) in [6.45, 7) is 2.09. The van der Waals surface area contributed by atoms with Crippen LogP contribution in [0.5, 0.6) is 0 Å². The molecular formula is C6H10N2O2. The molecule has 0 unspecified atom stereocenters. The molecule has 0 aromatic rings. The molecule has 0 radical (unpaired) electrons. The average molecular weight is 142 g/mol. The van der Waals surface area contributed by atoms with Crippen LogP contribution in [0.4, 0.5) is 0 Å². The van der Waals surface area contributed by atoms with Crippen molar-refractivity contribution in [1.82, 2.24) is 0 Å². The first-order valence-corrected chi connectivity index (χ1v) is 3.36. The Morgan fingerprint density at radius 3 is 2.40 bits per heavy atom. The molecule has 1 aliphatic carbocycles. The van der Waals surface area contributed by atoms with Crippen molar-refractivity contribution in [3.63, 3.8) is 0 Å². The van der Waals surface area contributed by atoms with E-state index in [-0.39, 0.29) is 6.54 Å². The maximum Gasteiger partial charge on any atom is 0.126 e. The Morgan fingerprint density at radius 1 is 1.50 bits per heavy atom. The van der Waals surface area contributed by atoms with Gasteiger partial charge >= 0.3 is 0 Å². The van der Waals surface area contributed by atoms with E-state index in [0.717, 1.165) is 12.8 Å². The third kappa shape index (κ3) is 1.05. The molecule has 1 fully saturated rings. The number of nitrogens with zero attached hydrogens (tertiary/aromatic N) is 2. The van der Waals surface area contributed by atoms with Gasteiger partial charge in [-0.05, 0) is 18.8 Å². The van der Waals surface area contributed by atoms with Crippen molar-refractivity contribution >= 4 is 0 Å². The van der Waals surface area contributed by atoms with Crippen molar-refractivity contribution in [2.24, 2.45) is 16.3 Å². The molecule has 0 bridgehead atoms. The lowest BCUT2D eigenvalue weighted by molar-refractivity contribution is 0.172. The van der Waals surface area contributed by atoms with Gasteiger partial charge in [0, 0.05) is 0 Å². The summed E-state index contributed by atoms with van der Waals surface area (Å²) >= 11 is 0. The Hall–Kier alpha value is -0.800. The van der Waals surface area contributed by atoms with Crippen LogP contribution in [0.2, 0.25) is 0 Å². The standard InChI is InChI=1S/C6H10N2O2/c1-5-2-6(3-5,8-10)4-7-9/h5H,2-4H2,1H3. The zero-order chi connectivity index (χ0) is 7.61. The van der Waals surface area contributed by atoms with Crippen LogP contribution < -0.4 is 0 Å². The topological polar surface area (TPSA) is 58.9 Å². The van der Waals surface area contributed by atoms with Crippen molar-refractivity contribution in [2.45, 2.75) is 25.3 Å². The fraction of sp³-hybridized carbons (Fsp3) is 1.00. The average Bonchev–Trinajstić information content (AvgIpc) is 1.84. The Balaban J connectivity index is 2.47. The van der Waals surface area contributed by atoms with E-state index in [1.54, 1.807) is 0 Å². The molecule has 1 aliphatic rings. The Bertz CT molecular complexity index is 152. The molecule has 0 saturated heterocycles. The number of hydrogen-bond acceptors (Lipinski definition) is 4. The fourth-order valence-corrected chi connectivity index (χ4v) is 1.59. The van der Waals surface area contributed by atoms with Gasteiger partial charge in [0.1, 0.15) is 12.1 Å². The highest BCUT2D eigenvalue weighted by molar-refractivity contribution is 5.00. The maximum absolute atomic E-state index is 10.2. The van der Waals surface area contributed by atoms with Gasteiger partial charge in [0.05, 0.1) is 0 Å². The number of hydrogen-bond donors (Lipinski definition) is 0. The highest BCUT2D eigenvalue weighted by Crippen LogP contribution is 2.40. The molecule has 0 N–H and O–H groups in total. The van der Waals surface area contributed by atoms with E-state index in [1.807, 2.05) is 6.92 Å². The minimum absolute atomic E-state index is 0.0564. The van der Waals surface area contributed by atoms with Gasteiger partial charge in [-0.3, -0.25) is 0 Å². The van der Waals surface area contributed by atoms with E-state index < -0.39 is 5.54 Å². The predicted octanol–water partition coefficient (Wildman–Crippen LogP) is 1.69. The van der Waals surface area contributed by atoms with Crippen molar-refractivity contribution in [2.75, 3.05) is 6.54 Å². The lowest BCUT2D eigenvalue weighted by atomic mass is 9.70. The Labute approximate surface area is 58.9 Å². The zero-order valence-electron chi connectivity index (χ0n) is 5.91. The second kappa shape index (κ2) is 2.44. The van der Waals surface area contributed by atoms with Crippen molar-refractivity contribution in [1.29, 1.82) is 0 Å². The number of rotatable bonds is 3. The van der Waals surface area contributed by atoms with E-state index in [4.69, 9.17) is 0 Å². The number of nitroso groups, excluding NO2 is 2. The van der Waals surface area contributed by atoms with Crippen LogP contribution in [-0.2, 0) is 0 Å². The summed E-state index contributed by atoms with van der Waals surface area (Å²) in [4.78, 5) is 20.0. The van der Waals surface area contributed by atoms with Crippen molar-refractivity contribution in [3.8, 4) is 0 Å². The summed E-state index contributed by atoms with van der Waals surface area (Å²) in [6.07, 6.45) is 1.45. The molecule has 0 amide bonds. The van der Waals surface area contributed by atoms with Gasteiger partial charge in [-0.25, -0.2) is 0 Å². The van der Waals surface area contributed by atoms with Crippen molar-refractivity contribution in [3.05, 3.63) is 9.81 Å². The van der Waals surface area contributed by atoms with Crippen LogP contribution in [0.1, 0.15) is 19.8 Å². The van der Waals surface area contributed by atoms with Crippen molar-refractivity contribution < 1.29 is 0 Å². The molecule has 0 aromatic carbocycles. The van der Waals surface area contributed by atoms with Crippen LogP contribution in [0.15, 0.2) is 10.4 Å². The summed E-state index contributed by atoms with van der Waals surface area (Å²) in [5, 5.41) is 5.61. The highest BCUT2D eigenvalue weighted by atomic mass is 16.3. The predicted molar refractivity (Wildman–Crippen MR) is 37.6 cm³/mol.